The highest BCUT2D eigenvalue weighted by Gasteiger charge is 2.14. The Kier molecular flexibility index (Phi) is 4.24. The molecule has 1 aromatic carbocycles. The van der Waals surface area contributed by atoms with Gasteiger partial charge in [-0.3, -0.25) is 4.79 Å². The number of thiazole rings is 1. The van der Waals surface area contributed by atoms with Crippen molar-refractivity contribution in [2.45, 2.75) is 20.4 Å². The topological polar surface area (TPSA) is 47.5 Å². The van der Waals surface area contributed by atoms with Crippen molar-refractivity contribution in [3.05, 3.63) is 63.8 Å². The van der Waals surface area contributed by atoms with Crippen LogP contribution < -0.4 is 4.80 Å². The normalized spacial score (nSPS) is 12.0. The van der Waals surface area contributed by atoms with Gasteiger partial charge in [0.2, 0.25) is 0 Å². The molecule has 0 unspecified atom stereocenters. The second-order valence-electron chi connectivity index (χ2n) is 5.14. The van der Waals surface area contributed by atoms with E-state index in [1.807, 2.05) is 29.7 Å². The summed E-state index contributed by atoms with van der Waals surface area (Å²) < 4.78 is 8.33. The molecule has 0 saturated heterocycles. The maximum Gasteiger partial charge on any atom is 0.283 e. The highest BCUT2D eigenvalue weighted by atomic mass is 35.5. The Morgan fingerprint density at radius 2 is 2.22 bits per heavy atom. The number of carbonyl (C=O) groups excluding carboxylic acids is 1. The van der Waals surface area contributed by atoms with E-state index in [0.29, 0.717) is 33.5 Å². The molecule has 0 bridgehead atoms. The third kappa shape index (κ3) is 3.02. The van der Waals surface area contributed by atoms with Crippen LogP contribution in [-0.2, 0) is 6.54 Å². The van der Waals surface area contributed by atoms with Crippen molar-refractivity contribution in [3.8, 4) is 0 Å². The summed E-state index contributed by atoms with van der Waals surface area (Å²) in [5.41, 5.74) is 1.47. The number of halogens is 1. The molecule has 0 aliphatic heterocycles. The van der Waals surface area contributed by atoms with Gasteiger partial charge in [-0.15, -0.1) is 6.58 Å². The Morgan fingerprint density at radius 1 is 1.43 bits per heavy atom. The standard InChI is InChI=1S/C17H15ClN2O2S/c1-4-7-20-14-6-5-12(18)9-15(14)23-17(20)19-16(21)13-8-10(2)22-11(13)3/h4-6,8-9H,1,7H2,2-3H3. The van der Waals surface area contributed by atoms with Crippen molar-refractivity contribution >= 4 is 39.1 Å². The summed E-state index contributed by atoms with van der Waals surface area (Å²) in [7, 11) is 0. The minimum absolute atomic E-state index is 0.310. The van der Waals surface area contributed by atoms with E-state index in [2.05, 4.69) is 11.6 Å². The first kappa shape index (κ1) is 15.8. The van der Waals surface area contributed by atoms with Crippen LogP contribution in [0.15, 0.2) is 46.3 Å². The van der Waals surface area contributed by atoms with Crippen LogP contribution in [0.25, 0.3) is 10.2 Å². The molecule has 0 atom stereocenters. The molecule has 0 radical (unpaired) electrons. The molecule has 2 aromatic heterocycles. The second kappa shape index (κ2) is 6.18. The summed E-state index contributed by atoms with van der Waals surface area (Å²) >= 11 is 7.48. The molecule has 3 rings (SSSR count). The number of hydrogen-bond donors (Lipinski definition) is 0. The summed E-state index contributed by atoms with van der Waals surface area (Å²) in [6.07, 6.45) is 1.78. The number of hydrogen-bond acceptors (Lipinski definition) is 3. The maximum atomic E-state index is 12.5. The van der Waals surface area contributed by atoms with E-state index in [9.17, 15) is 4.79 Å². The van der Waals surface area contributed by atoms with Crippen molar-refractivity contribution in [1.82, 2.24) is 4.57 Å². The van der Waals surface area contributed by atoms with Gasteiger partial charge in [-0.2, -0.15) is 4.99 Å². The maximum absolute atomic E-state index is 12.5. The molecule has 0 N–H and O–H groups in total. The molecule has 1 amide bonds. The highest BCUT2D eigenvalue weighted by molar-refractivity contribution is 7.16. The van der Waals surface area contributed by atoms with Crippen LogP contribution in [0.3, 0.4) is 0 Å². The van der Waals surface area contributed by atoms with E-state index >= 15 is 0 Å². The number of nitrogens with zero attached hydrogens (tertiary/aromatic N) is 2. The van der Waals surface area contributed by atoms with Crippen molar-refractivity contribution in [2.75, 3.05) is 0 Å². The van der Waals surface area contributed by atoms with Crippen molar-refractivity contribution in [1.29, 1.82) is 0 Å². The lowest BCUT2D eigenvalue weighted by molar-refractivity contribution is 0.0996. The minimum Gasteiger partial charge on any atom is -0.466 e. The molecule has 0 aliphatic rings. The molecule has 0 fully saturated rings. The van der Waals surface area contributed by atoms with Gasteiger partial charge in [-0.1, -0.05) is 29.0 Å². The zero-order valence-electron chi connectivity index (χ0n) is 12.8. The lowest BCUT2D eigenvalue weighted by atomic mass is 10.2. The first-order valence-corrected chi connectivity index (χ1v) is 8.25. The lowest BCUT2D eigenvalue weighted by Gasteiger charge is -2.00. The van der Waals surface area contributed by atoms with Gasteiger partial charge in [-0.25, -0.2) is 0 Å². The van der Waals surface area contributed by atoms with E-state index in [-0.39, 0.29) is 5.91 Å². The summed E-state index contributed by atoms with van der Waals surface area (Å²) in [5.74, 6) is 0.966. The molecular formula is C17H15ClN2O2S. The molecule has 6 heteroatoms. The number of benzene rings is 1. The average Bonchev–Trinajstić information content (AvgIpc) is 2.99. The van der Waals surface area contributed by atoms with Crippen molar-refractivity contribution in [3.63, 3.8) is 0 Å². The van der Waals surface area contributed by atoms with Crippen LogP contribution in [0.4, 0.5) is 0 Å². The van der Waals surface area contributed by atoms with Crippen LogP contribution in [0.1, 0.15) is 21.9 Å². The van der Waals surface area contributed by atoms with Gasteiger partial charge in [-0.05, 0) is 38.1 Å². The summed E-state index contributed by atoms with van der Waals surface area (Å²) in [6.45, 7) is 7.91. The Morgan fingerprint density at radius 3 is 2.87 bits per heavy atom. The van der Waals surface area contributed by atoms with Crippen molar-refractivity contribution < 1.29 is 9.21 Å². The van der Waals surface area contributed by atoms with Gasteiger partial charge in [0.05, 0.1) is 15.8 Å². The van der Waals surface area contributed by atoms with Gasteiger partial charge in [0.1, 0.15) is 11.5 Å². The van der Waals surface area contributed by atoms with E-state index in [1.165, 1.54) is 11.3 Å². The first-order chi connectivity index (χ1) is 11.0. The smallest absolute Gasteiger partial charge is 0.283 e. The number of carbonyl (C=O) groups is 1. The number of fused-ring (bicyclic) bond motifs is 1. The summed E-state index contributed by atoms with van der Waals surface area (Å²) in [4.78, 5) is 17.4. The number of allylic oxidation sites excluding steroid dienone is 1. The molecule has 0 aliphatic carbocycles. The molecule has 118 valence electrons. The quantitative estimate of drug-likeness (QED) is 0.656. The number of amides is 1. The van der Waals surface area contributed by atoms with Gasteiger partial charge in [0, 0.05) is 11.6 Å². The second-order valence-corrected chi connectivity index (χ2v) is 6.59. The third-order valence-corrected chi connectivity index (χ3v) is 4.70. The Hall–Kier alpha value is -2.11. The highest BCUT2D eigenvalue weighted by Crippen LogP contribution is 2.22. The first-order valence-electron chi connectivity index (χ1n) is 7.05. The van der Waals surface area contributed by atoms with Gasteiger partial charge >= 0.3 is 0 Å². The van der Waals surface area contributed by atoms with Crippen molar-refractivity contribution in [2.24, 2.45) is 4.99 Å². The monoisotopic (exact) mass is 346 g/mol. The van der Waals surface area contributed by atoms with Crippen LogP contribution in [0.5, 0.6) is 0 Å². The minimum atomic E-state index is -0.310. The van der Waals surface area contributed by atoms with Crippen LogP contribution in [0.2, 0.25) is 5.02 Å². The Bertz CT molecular complexity index is 978. The molecule has 0 saturated carbocycles. The SMILES string of the molecule is C=CCn1c(=NC(=O)c2cc(C)oc2C)sc2cc(Cl)ccc21. The molecule has 0 spiro atoms. The van der Waals surface area contributed by atoms with E-state index in [0.717, 1.165) is 10.2 Å². The van der Waals surface area contributed by atoms with Gasteiger partial charge in [0.15, 0.2) is 4.80 Å². The number of furan rings is 1. The summed E-state index contributed by atoms with van der Waals surface area (Å²) in [5, 5.41) is 0.656. The Labute approximate surface area is 142 Å². The zero-order valence-corrected chi connectivity index (χ0v) is 14.4. The third-order valence-electron chi connectivity index (χ3n) is 3.43. The average molecular weight is 347 g/mol. The van der Waals surface area contributed by atoms with Gasteiger partial charge < -0.3 is 8.98 Å². The largest absolute Gasteiger partial charge is 0.466 e. The number of aryl methyl sites for hydroxylation is 2. The molecule has 2 heterocycles. The van der Waals surface area contributed by atoms with Crippen LogP contribution >= 0.6 is 22.9 Å². The number of rotatable bonds is 3. The fourth-order valence-corrected chi connectivity index (χ4v) is 3.74. The number of aromatic nitrogens is 1. The van der Waals surface area contributed by atoms with E-state index in [4.69, 9.17) is 16.0 Å². The molecule has 23 heavy (non-hydrogen) atoms. The van der Waals surface area contributed by atoms with E-state index < -0.39 is 0 Å². The summed E-state index contributed by atoms with van der Waals surface area (Å²) in [6, 6.07) is 7.33. The lowest BCUT2D eigenvalue weighted by Crippen LogP contribution is -2.16. The zero-order chi connectivity index (χ0) is 16.6. The predicted octanol–water partition coefficient (Wildman–Crippen LogP) is 4.49. The molecule has 3 aromatic rings. The van der Waals surface area contributed by atoms with Crippen LogP contribution in [-0.4, -0.2) is 10.5 Å². The predicted molar refractivity (Wildman–Crippen MR) is 93.1 cm³/mol. The Balaban J connectivity index is 2.17. The fourth-order valence-electron chi connectivity index (χ4n) is 2.43. The molecular weight excluding hydrogens is 332 g/mol. The van der Waals surface area contributed by atoms with Crippen LogP contribution in [0, 0.1) is 13.8 Å². The molecule has 4 nitrogen and oxygen atoms in total. The van der Waals surface area contributed by atoms with E-state index in [1.54, 1.807) is 19.1 Å². The fraction of sp³-hybridized carbons (Fsp3) is 0.176. The van der Waals surface area contributed by atoms with Gasteiger partial charge in [0.25, 0.3) is 5.91 Å².